The molecule has 0 spiro atoms. The fourth-order valence-corrected chi connectivity index (χ4v) is 5.25. The van der Waals surface area contributed by atoms with E-state index in [1.165, 1.54) is 12.1 Å². The Bertz CT molecular complexity index is 1380. The molecule has 223 valence electrons. The average molecular weight is 580 g/mol. The second-order valence-electron chi connectivity index (χ2n) is 11.6. The third-order valence-electron chi connectivity index (χ3n) is 7.13. The molecular formula is C29H36FN8O4. The zero-order chi connectivity index (χ0) is 30.5. The monoisotopic (exact) mass is 579 g/mol. The first-order valence-corrected chi connectivity index (χ1v) is 13.7. The molecular weight excluding hydrogens is 543 g/mol. The van der Waals surface area contributed by atoms with Gasteiger partial charge in [-0.05, 0) is 83.4 Å². The number of nitro benzene ring substituents is 1. The van der Waals surface area contributed by atoms with Crippen LogP contribution < -0.4 is 21.3 Å². The summed E-state index contributed by atoms with van der Waals surface area (Å²) in [5.41, 5.74) is 0.713. The SMILES string of the molecule is CC1(C)CC(NC(=O)c2ccc(Nc3ncc(F)c(NCCCNc4ccc([N+](=O)[O-])cc4)n3)cc2)CC(C)(C)N1[O]. The fourth-order valence-electron chi connectivity index (χ4n) is 5.25. The number of piperidine rings is 1. The minimum atomic E-state index is -0.593. The maximum absolute atomic E-state index is 14.3. The minimum Gasteiger partial charge on any atom is -0.385 e. The largest absolute Gasteiger partial charge is 0.385 e. The molecule has 42 heavy (non-hydrogen) atoms. The van der Waals surface area contributed by atoms with Crippen LogP contribution in [0.1, 0.15) is 57.3 Å². The summed E-state index contributed by atoms with van der Waals surface area (Å²) in [6.45, 7) is 8.55. The molecule has 1 radical (unpaired) electrons. The normalized spacial score (nSPS) is 16.4. The van der Waals surface area contributed by atoms with Crippen molar-refractivity contribution < 1.29 is 19.3 Å². The molecule has 0 unspecified atom stereocenters. The minimum absolute atomic E-state index is 0.0225. The van der Waals surface area contributed by atoms with Crippen molar-refractivity contribution in [1.29, 1.82) is 0 Å². The van der Waals surface area contributed by atoms with E-state index in [4.69, 9.17) is 0 Å². The van der Waals surface area contributed by atoms with Crippen molar-refractivity contribution in [3.63, 3.8) is 0 Å². The first-order chi connectivity index (χ1) is 19.8. The summed E-state index contributed by atoms with van der Waals surface area (Å²) in [4.78, 5) is 31.4. The van der Waals surface area contributed by atoms with Gasteiger partial charge < -0.3 is 21.3 Å². The molecule has 0 bridgehead atoms. The Hall–Kier alpha value is -4.36. The number of halogens is 1. The summed E-state index contributed by atoms with van der Waals surface area (Å²) < 4.78 is 14.3. The third-order valence-corrected chi connectivity index (χ3v) is 7.13. The first kappa shape index (κ1) is 30.6. The van der Waals surface area contributed by atoms with Crippen LogP contribution in [0, 0.1) is 15.9 Å². The molecule has 4 rings (SSSR count). The van der Waals surface area contributed by atoms with Crippen molar-refractivity contribution >= 4 is 34.7 Å². The number of carbonyl (C=O) groups is 1. The van der Waals surface area contributed by atoms with Crippen LogP contribution >= 0.6 is 0 Å². The lowest BCUT2D eigenvalue weighted by Crippen LogP contribution is -2.62. The number of anilines is 4. The molecule has 13 heteroatoms. The lowest BCUT2D eigenvalue weighted by molar-refractivity contribution is -0.384. The highest BCUT2D eigenvalue weighted by Gasteiger charge is 2.46. The van der Waals surface area contributed by atoms with E-state index < -0.39 is 21.8 Å². The van der Waals surface area contributed by atoms with E-state index in [1.54, 1.807) is 36.4 Å². The van der Waals surface area contributed by atoms with E-state index in [1.807, 2.05) is 27.7 Å². The topological polar surface area (TPSA) is 157 Å². The summed E-state index contributed by atoms with van der Waals surface area (Å²) in [7, 11) is 0. The molecule has 0 atom stereocenters. The number of hydroxylamine groups is 2. The van der Waals surface area contributed by atoms with Crippen LogP contribution in [0.25, 0.3) is 0 Å². The Balaban J connectivity index is 1.26. The second kappa shape index (κ2) is 12.7. The predicted molar refractivity (Wildman–Crippen MR) is 158 cm³/mol. The summed E-state index contributed by atoms with van der Waals surface area (Å²) in [6.07, 6.45) is 2.82. The van der Waals surface area contributed by atoms with Crippen LogP contribution in [0.2, 0.25) is 0 Å². The van der Waals surface area contributed by atoms with Gasteiger partial charge in [0.15, 0.2) is 11.6 Å². The number of nitro groups is 1. The lowest BCUT2D eigenvalue weighted by Gasteiger charge is -2.50. The molecule has 3 aromatic rings. The summed E-state index contributed by atoms with van der Waals surface area (Å²) >= 11 is 0. The number of hydrogen-bond acceptors (Lipinski definition) is 9. The van der Waals surface area contributed by atoms with E-state index in [2.05, 4.69) is 31.2 Å². The Morgan fingerprint density at radius 3 is 2.21 bits per heavy atom. The van der Waals surface area contributed by atoms with Gasteiger partial charge in [-0.3, -0.25) is 14.9 Å². The number of amides is 1. The molecule has 1 aliphatic rings. The molecule has 0 saturated carbocycles. The van der Waals surface area contributed by atoms with Crippen LogP contribution in [-0.2, 0) is 5.21 Å². The van der Waals surface area contributed by atoms with Crippen LogP contribution in [-0.4, -0.2) is 56.1 Å². The lowest BCUT2D eigenvalue weighted by atomic mass is 9.79. The van der Waals surface area contributed by atoms with E-state index in [0.29, 0.717) is 43.6 Å². The molecule has 0 aliphatic carbocycles. The Morgan fingerprint density at radius 2 is 1.60 bits per heavy atom. The van der Waals surface area contributed by atoms with E-state index in [9.17, 15) is 24.5 Å². The van der Waals surface area contributed by atoms with Gasteiger partial charge in [-0.25, -0.2) is 9.37 Å². The van der Waals surface area contributed by atoms with Crippen molar-refractivity contribution in [3.8, 4) is 0 Å². The number of aromatic nitrogens is 2. The summed E-state index contributed by atoms with van der Waals surface area (Å²) in [6, 6.07) is 12.8. The van der Waals surface area contributed by atoms with Gasteiger partial charge >= 0.3 is 0 Å². The van der Waals surface area contributed by atoms with Crippen LogP contribution in [0.4, 0.5) is 33.2 Å². The summed E-state index contributed by atoms with van der Waals surface area (Å²) in [5.74, 6) is -0.571. The quantitative estimate of drug-likeness (QED) is 0.135. The number of benzene rings is 2. The predicted octanol–water partition coefficient (Wildman–Crippen LogP) is 5.28. The highest BCUT2D eigenvalue weighted by molar-refractivity contribution is 5.94. The second-order valence-corrected chi connectivity index (χ2v) is 11.6. The van der Waals surface area contributed by atoms with Crippen LogP contribution in [0.15, 0.2) is 54.7 Å². The molecule has 1 amide bonds. The van der Waals surface area contributed by atoms with Gasteiger partial charge in [0.1, 0.15) is 0 Å². The molecule has 1 saturated heterocycles. The Morgan fingerprint density at radius 1 is 1.00 bits per heavy atom. The van der Waals surface area contributed by atoms with Gasteiger partial charge in [-0.1, -0.05) is 0 Å². The number of nitrogens with one attached hydrogen (secondary N) is 4. The molecule has 2 aromatic carbocycles. The zero-order valence-electron chi connectivity index (χ0n) is 24.1. The number of rotatable bonds is 11. The van der Waals surface area contributed by atoms with Gasteiger partial charge in [-0.2, -0.15) is 4.98 Å². The maximum Gasteiger partial charge on any atom is 0.269 e. The first-order valence-electron chi connectivity index (χ1n) is 13.7. The van der Waals surface area contributed by atoms with Gasteiger partial charge in [0, 0.05) is 59.3 Å². The number of carbonyl (C=O) groups excluding carboxylic acids is 1. The van der Waals surface area contributed by atoms with Crippen molar-refractivity contribution in [2.45, 2.75) is 64.1 Å². The number of non-ortho nitro benzene ring substituents is 1. The summed E-state index contributed by atoms with van der Waals surface area (Å²) in [5, 5.41) is 36.7. The molecule has 1 aliphatic heterocycles. The van der Waals surface area contributed by atoms with E-state index >= 15 is 0 Å². The van der Waals surface area contributed by atoms with Gasteiger partial charge in [0.2, 0.25) is 5.95 Å². The van der Waals surface area contributed by atoms with Crippen LogP contribution in [0.3, 0.4) is 0 Å². The van der Waals surface area contributed by atoms with E-state index in [-0.39, 0.29) is 29.4 Å². The Kier molecular flexibility index (Phi) is 9.22. The standard InChI is InChI=1S/C29H36FN8O4/c1-28(2)16-22(17-29(3,4)38(28)42)34-26(39)19-6-8-21(9-7-19)35-27-33-18-24(30)25(36-27)32-15-5-14-31-20-10-12-23(13-11-20)37(40)41/h6-13,18,22,31H,5,14-17H2,1-4H3,(H,34,39)(H2,32,33,35,36). The zero-order valence-corrected chi connectivity index (χ0v) is 24.1. The molecule has 4 N–H and O–H groups in total. The third kappa shape index (κ3) is 7.68. The number of nitrogens with zero attached hydrogens (tertiary/aromatic N) is 4. The molecule has 1 fully saturated rings. The smallest absolute Gasteiger partial charge is 0.269 e. The van der Waals surface area contributed by atoms with Crippen LogP contribution in [0.5, 0.6) is 0 Å². The number of hydrogen-bond donors (Lipinski definition) is 4. The molecule has 1 aromatic heterocycles. The maximum atomic E-state index is 14.3. The van der Waals surface area contributed by atoms with Crippen molar-refractivity contribution in [2.75, 3.05) is 29.0 Å². The molecule has 2 heterocycles. The van der Waals surface area contributed by atoms with Crippen molar-refractivity contribution in [2.24, 2.45) is 0 Å². The van der Waals surface area contributed by atoms with Gasteiger partial charge in [-0.15, -0.1) is 10.3 Å². The average Bonchev–Trinajstić information content (AvgIpc) is 2.93. The Labute approximate surface area is 243 Å². The van der Waals surface area contributed by atoms with Gasteiger partial charge in [0.25, 0.3) is 11.6 Å². The van der Waals surface area contributed by atoms with Crippen molar-refractivity contribution in [1.82, 2.24) is 20.3 Å². The molecule has 12 nitrogen and oxygen atoms in total. The highest BCUT2D eigenvalue weighted by Crippen LogP contribution is 2.37. The highest BCUT2D eigenvalue weighted by atomic mass is 19.1. The van der Waals surface area contributed by atoms with E-state index in [0.717, 1.165) is 16.9 Å². The fraction of sp³-hybridized carbons (Fsp3) is 0.414. The van der Waals surface area contributed by atoms with Gasteiger partial charge in [0.05, 0.1) is 11.1 Å². The van der Waals surface area contributed by atoms with Crippen molar-refractivity contribution in [3.05, 3.63) is 76.2 Å².